The van der Waals surface area contributed by atoms with Crippen LogP contribution in [0.1, 0.15) is 47.2 Å². The number of rotatable bonds is 8. The molecule has 0 bridgehead atoms. The van der Waals surface area contributed by atoms with Gasteiger partial charge in [-0.15, -0.1) is 0 Å². The number of nitro benzene ring substituents is 1. The van der Waals surface area contributed by atoms with E-state index < -0.39 is 10.8 Å². The molecule has 0 fully saturated rings. The van der Waals surface area contributed by atoms with E-state index >= 15 is 0 Å². The topological polar surface area (TPSA) is 107 Å². The van der Waals surface area contributed by atoms with Crippen molar-refractivity contribution in [3.8, 4) is 5.75 Å². The number of nitro groups is 1. The monoisotopic (exact) mass is 407 g/mol. The fourth-order valence-corrected chi connectivity index (χ4v) is 2.62. The Kier molecular flexibility index (Phi) is 6.59. The second-order valence-corrected chi connectivity index (χ2v) is 6.83. The zero-order valence-electron chi connectivity index (χ0n) is 16.6. The maximum Gasteiger partial charge on any atom is 0.307 e. The molecule has 2 aromatic carbocycles. The van der Waals surface area contributed by atoms with Gasteiger partial charge in [-0.3, -0.25) is 14.9 Å². The van der Waals surface area contributed by atoms with Crippen LogP contribution in [0, 0.1) is 10.1 Å². The first-order valence-corrected chi connectivity index (χ1v) is 9.31. The van der Waals surface area contributed by atoms with E-state index in [2.05, 4.69) is 24.4 Å². The second-order valence-electron chi connectivity index (χ2n) is 6.83. The lowest BCUT2D eigenvalue weighted by Crippen LogP contribution is -2.16. The van der Waals surface area contributed by atoms with Crippen LogP contribution in [0.2, 0.25) is 0 Å². The van der Waals surface area contributed by atoms with Gasteiger partial charge in [0.2, 0.25) is 0 Å². The van der Waals surface area contributed by atoms with Crippen molar-refractivity contribution < 1.29 is 18.9 Å². The average molecular weight is 407 g/mol. The molecule has 1 heterocycles. The Morgan fingerprint density at radius 1 is 1.20 bits per heavy atom. The average Bonchev–Trinajstić information content (AvgIpc) is 3.22. The molecule has 0 aliphatic carbocycles. The predicted molar refractivity (Wildman–Crippen MR) is 112 cm³/mol. The van der Waals surface area contributed by atoms with Crippen LogP contribution < -0.4 is 10.2 Å². The molecule has 3 rings (SSSR count). The molecule has 3 aromatic rings. The van der Waals surface area contributed by atoms with Gasteiger partial charge in [-0.05, 0) is 35.7 Å². The number of furan rings is 1. The number of hydrogen-bond acceptors (Lipinski definition) is 6. The standard InChI is InChI=1S/C22H21N3O5/c1-15(2)17-6-8-19(9-7-17)29-14-20-10-11-21(30-20)22(26)24-23-13-16-4-3-5-18(12-16)25(27)28/h3-13,15H,14H2,1-2H3,(H,24,26). The molecule has 0 unspecified atom stereocenters. The summed E-state index contributed by atoms with van der Waals surface area (Å²) < 4.78 is 11.2. The normalized spacial score (nSPS) is 11.0. The molecule has 0 radical (unpaired) electrons. The number of nitrogens with zero attached hydrogens (tertiary/aromatic N) is 2. The predicted octanol–water partition coefficient (Wildman–Crippen LogP) is 4.65. The minimum Gasteiger partial charge on any atom is -0.486 e. The number of hydrogen-bond donors (Lipinski definition) is 1. The van der Waals surface area contributed by atoms with Crippen molar-refractivity contribution in [1.29, 1.82) is 0 Å². The van der Waals surface area contributed by atoms with Crippen molar-refractivity contribution in [2.24, 2.45) is 5.10 Å². The smallest absolute Gasteiger partial charge is 0.307 e. The number of amides is 1. The van der Waals surface area contributed by atoms with Crippen molar-refractivity contribution in [2.75, 3.05) is 0 Å². The van der Waals surface area contributed by atoms with Crippen molar-refractivity contribution in [1.82, 2.24) is 5.43 Å². The molecule has 8 nitrogen and oxygen atoms in total. The summed E-state index contributed by atoms with van der Waals surface area (Å²) in [5.74, 6) is 1.20. The van der Waals surface area contributed by atoms with E-state index in [-0.39, 0.29) is 18.1 Å². The van der Waals surface area contributed by atoms with Gasteiger partial charge >= 0.3 is 5.91 Å². The number of non-ortho nitro benzene ring substituents is 1. The Labute approximate surface area is 173 Å². The number of hydrazone groups is 1. The number of benzene rings is 2. The highest BCUT2D eigenvalue weighted by Gasteiger charge is 2.11. The van der Waals surface area contributed by atoms with Gasteiger partial charge in [0.1, 0.15) is 18.1 Å². The van der Waals surface area contributed by atoms with E-state index in [4.69, 9.17) is 9.15 Å². The molecule has 0 spiro atoms. The Morgan fingerprint density at radius 2 is 1.97 bits per heavy atom. The van der Waals surface area contributed by atoms with E-state index in [1.807, 2.05) is 24.3 Å². The van der Waals surface area contributed by atoms with Gasteiger partial charge in [-0.1, -0.05) is 38.1 Å². The molecule has 30 heavy (non-hydrogen) atoms. The summed E-state index contributed by atoms with van der Waals surface area (Å²) in [7, 11) is 0. The fraction of sp³-hybridized carbons (Fsp3) is 0.182. The largest absolute Gasteiger partial charge is 0.486 e. The van der Waals surface area contributed by atoms with Gasteiger partial charge in [0, 0.05) is 17.7 Å². The van der Waals surface area contributed by atoms with E-state index in [1.54, 1.807) is 12.1 Å². The van der Waals surface area contributed by atoms with Gasteiger partial charge < -0.3 is 9.15 Å². The summed E-state index contributed by atoms with van der Waals surface area (Å²) in [4.78, 5) is 22.4. The summed E-state index contributed by atoms with van der Waals surface area (Å²) in [6.45, 7) is 4.43. The SMILES string of the molecule is CC(C)c1ccc(OCc2ccc(C(=O)NN=Cc3cccc([N+](=O)[O-])c3)o2)cc1. The van der Waals surface area contributed by atoms with Crippen molar-refractivity contribution >= 4 is 17.8 Å². The minimum absolute atomic E-state index is 0.0557. The Balaban J connectivity index is 1.53. The zero-order chi connectivity index (χ0) is 21.5. The molecular formula is C22H21N3O5. The van der Waals surface area contributed by atoms with Crippen LogP contribution in [-0.2, 0) is 6.61 Å². The Morgan fingerprint density at radius 3 is 2.67 bits per heavy atom. The third kappa shape index (κ3) is 5.54. The van der Waals surface area contributed by atoms with Crippen LogP contribution in [0.25, 0.3) is 0 Å². The molecule has 0 aliphatic heterocycles. The van der Waals surface area contributed by atoms with Gasteiger partial charge in [-0.25, -0.2) is 5.43 Å². The van der Waals surface area contributed by atoms with Gasteiger partial charge in [0.15, 0.2) is 5.76 Å². The van der Waals surface area contributed by atoms with Crippen molar-refractivity contribution in [3.05, 3.63) is 93.4 Å². The van der Waals surface area contributed by atoms with E-state index in [0.717, 1.165) is 0 Å². The maximum absolute atomic E-state index is 12.1. The highest BCUT2D eigenvalue weighted by atomic mass is 16.6. The summed E-state index contributed by atoms with van der Waals surface area (Å²) in [6.07, 6.45) is 1.32. The second kappa shape index (κ2) is 9.51. The molecule has 0 saturated carbocycles. The van der Waals surface area contributed by atoms with Crippen LogP contribution in [0.15, 0.2) is 70.2 Å². The highest BCUT2D eigenvalue weighted by Crippen LogP contribution is 2.20. The van der Waals surface area contributed by atoms with Crippen LogP contribution in [0.4, 0.5) is 5.69 Å². The number of ether oxygens (including phenoxy) is 1. The first-order chi connectivity index (χ1) is 14.4. The first kappa shape index (κ1) is 20.8. The van der Waals surface area contributed by atoms with E-state index in [9.17, 15) is 14.9 Å². The number of carbonyl (C=O) groups excluding carboxylic acids is 1. The lowest BCUT2D eigenvalue weighted by atomic mass is 10.0. The van der Waals surface area contributed by atoms with Gasteiger partial charge in [0.05, 0.1) is 11.1 Å². The molecular weight excluding hydrogens is 386 g/mol. The quantitative estimate of drug-likeness (QED) is 0.332. The maximum atomic E-state index is 12.1. The highest BCUT2D eigenvalue weighted by molar-refractivity contribution is 5.92. The third-order valence-corrected chi connectivity index (χ3v) is 4.27. The van der Waals surface area contributed by atoms with Crippen LogP contribution >= 0.6 is 0 Å². The summed E-state index contributed by atoms with van der Waals surface area (Å²) in [5, 5.41) is 14.6. The van der Waals surface area contributed by atoms with Gasteiger partial charge in [0.25, 0.3) is 5.69 Å². The summed E-state index contributed by atoms with van der Waals surface area (Å²) >= 11 is 0. The Hall–Kier alpha value is -3.94. The number of nitrogens with one attached hydrogen (secondary N) is 1. The summed E-state index contributed by atoms with van der Waals surface area (Å²) in [6, 6.07) is 16.9. The molecule has 1 aromatic heterocycles. The lowest BCUT2D eigenvalue weighted by Gasteiger charge is -2.07. The zero-order valence-corrected chi connectivity index (χ0v) is 16.6. The molecule has 154 valence electrons. The molecule has 1 amide bonds. The van der Waals surface area contributed by atoms with Crippen molar-refractivity contribution in [2.45, 2.75) is 26.4 Å². The van der Waals surface area contributed by atoms with Gasteiger partial charge in [-0.2, -0.15) is 5.10 Å². The van der Waals surface area contributed by atoms with Crippen LogP contribution in [0.3, 0.4) is 0 Å². The number of carbonyl (C=O) groups is 1. The van der Waals surface area contributed by atoms with E-state index in [0.29, 0.717) is 23.0 Å². The van der Waals surface area contributed by atoms with Crippen LogP contribution in [-0.4, -0.2) is 17.0 Å². The molecule has 0 atom stereocenters. The Bertz CT molecular complexity index is 1050. The minimum atomic E-state index is -0.538. The molecule has 8 heteroatoms. The molecule has 0 aliphatic rings. The third-order valence-electron chi connectivity index (χ3n) is 4.27. The van der Waals surface area contributed by atoms with E-state index in [1.165, 1.54) is 36.0 Å². The molecule has 0 saturated heterocycles. The van der Waals surface area contributed by atoms with Crippen LogP contribution in [0.5, 0.6) is 5.75 Å². The van der Waals surface area contributed by atoms with Crippen molar-refractivity contribution in [3.63, 3.8) is 0 Å². The molecule has 1 N–H and O–H groups in total. The lowest BCUT2D eigenvalue weighted by molar-refractivity contribution is -0.384. The fourth-order valence-electron chi connectivity index (χ4n) is 2.62. The first-order valence-electron chi connectivity index (χ1n) is 9.31. The summed E-state index contributed by atoms with van der Waals surface area (Å²) in [5.41, 5.74) is 3.98.